The molecule has 0 aliphatic heterocycles. The van der Waals surface area contributed by atoms with Crippen molar-refractivity contribution in [1.29, 1.82) is 0 Å². The standard InChI is InChI=1S/C20H16ClN3S2/c1-14-4-2-5-15(12-14)13-26-20-23-22-19(18-6-3-11-25-18)24(20)17-9-7-16(21)8-10-17/h2-12H,13H2,1H3. The number of halogens is 1. The lowest BCUT2D eigenvalue weighted by Crippen LogP contribution is -1.99. The Balaban J connectivity index is 1.71. The van der Waals surface area contributed by atoms with Gasteiger partial charge in [-0.1, -0.05) is 59.3 Å². The minimum absolute atomic E-state index is 0.716. The van der Waals surface area contributed by atoms with Gasteiger partial charge in [0.05, 0.1) is 4.88 Å². The van der Waals surface area contributed by atoms with Gasteiger partial charge in [0.15, 0.2) is 11.0 Å². The maximum absolute atomic E-state index is 6.06. The summed E-state index contributed by atoms with van der Waals surface area (Å²) in [4.78, 5) is 1.09. The number of rotatable bonds is 5. The third-order valence-corrected chi connectivity index (χ3v) is 6.03. The van der Waals surface area contributed by atoms with Gasteiger partial charge in [-0.25, -0.2) is 0 Å². The third kappa shape index (κ3) is 3.70. The molecule has 4 rings (SSSR count). The van der Waals surface area contributed by atoms with E-state index in [1.54, 1.807) is 23.1 Å². The lowest BCUT2D eigenvalue weighted by atomic mass is 10.2. The van der Waals surface area contributed by atoms with Gasteiger partial charge < -0.3 is 0 Å². The van der Waals surface area contributed by atoms with Crippen LogP contribution in [0.1, 0.15) is 11.1 Å². The quantitative estimate of drug-likeness (QED) is 0.373. The first-order chi connectivity index (χ1) is 12.7. The van der Waals surface area contributed by atoms with E-state index in [9.17, 15) is 0 Å². The van der Waals surface area contributed by atoms with Crippen LogP contribution in [-0.4, -0.2) is 14.8 Å². The van der Waals surface area contributed by atoms with E-state index in [2.05, 4.69) is 57.4 Å². The van der Waals surface area contributed by atoms with Gasteiger partial charge in [-0.2, -0.15) is 0 Å². The molecular weight excluding hydrogens is 382 g/mol. The highest BCUT2D eigenvalue weighted by Gasteiger charge is 2.17. The van der Waals surface area contributed by atoms with Crippen LogP contribution in [0.15, 0.2) is 71.2 Å². The maximum Gasteiger partial charge on any atom is 0.196 e. The van der Waals surface area contributed by atoms with Crippen molar-refractivity contribution in [1.82, 2.24) is 14.8 Å². The first-order valence-corrected chi connectivity index (χ1v) is 10.4. The molecule has 0 radical (unpaired) electrons. The Kier molecular flexibility index (Phi) is 5.11. The highest BCUT2D eigenvalue weighted by molar-refractivity contribution is 7.98. The average molecular weight is 398 g/mol. The minimum Gasteiger partial charge on any atom is -0.269 e. The van der Waals surface area contributed by atoms with Crippen molar-refractivity contribution in [3.63, 3.8) is 0 Å². The van der Waals surface area contributed by atoms with Crippen LogP contribution >= 0.6 is 34.7 Å². The first-order valence-electron chi connectivity index (χ1n) is 8.14. The van der Waals surface area contributed by atoms with E-state index in [1.807, 2.05) is 30.3 Å². The van der Waals surface area contributed by atoms with Crippen molar-refractivity contribution >= 4 is 34.7 Å². The predicted molar refractivity (Wildman–Crippen MR) is 110 cm³/mol. The van der Waals surface area contributed by atoms with Crippen LogP contribution in [0, 0.1) is 6.92 Å². The molecule has 0 aliphatic carbocycles. The summed E-state index contributed by atoms with van der Waals surface area (Å²) in [5.41, 5.74) is 3.55. The lowest BCUT2D eigenvalue weighted by molar-refractivity contribution is 0.886. The molecule has 0 N–H and O–H groups in total. The molecule has 3 nitrogen and oxygen atoms in total. The topological polar surface area (TPSA) is 30.7 Å². The second-order valence-electron chi connectivity index (χ2n) is 5.87. The fraction of sp³-hybridized carbons (Fsp3) is 0.100. The zero-order chi connectivity index (χ0) is 17.9. The van der Waals surface area contributed by atoms with Crippen LogP contribution in [0.3, 0.4) is 0 Å². The molecule has 0 atom stereocenters. The normalized spacial score (nSPS) is 11.0. The maximum atomic E-state index is 6.06. The molecule has 0 unspecified atom stereocenters. The number of aromatic nitrogens is 3. The lowest BCUT2D eigenvalue weighted by Gasteiger charge is -2.10. The molecule has 2 aromatic carbocycles. The van der Waals surface area contributed by atoms with Gasteiger partial charge in [-0.05, 0) is 48.2 Å². The van der Waals surface area contributed by atoms with Crippen LogP contribution in [-0.2, 0) is 5.75 Å². The molecule has 0 spiro atoms. The summed E-state index contributed by atoms with van der Waals surface area (Å²) in [6.45, 7) is 2.11. The Bertz CT molecular complexity index is 1010. The van der Waals surface area contributed by atoms with Gasteiger partial charge in [-0.3, -0.25) is 4.57 Å². The number of nitrogens with zero attached hydrogens (tertiary/aromatic N) is 3. The van der Waals surface area contributed by atoms with Gasteiger partial charge in [-0.15, -0.1) is 21.5 Å². The summed E-state index contributed by atoms with van der Waals surface area (Å²) in [5, 5.41) is 12.6. The molecule has 0 aliphatic rings. The third-order valence-electron chi connectivity index (χ3n) is 3.91. The predicted octanol–water partition coefficient (Wildman–Crippen LogP) is 6.25. The van der Waals surface area contributed by atoms with Crippen LogP contribution in [0.2, 0.25) is 5.02 Å². The highest BCUT2D eigenvalue weighted by atomic mass is 35.5. The summed E-state index contributed by atoms with van der Waals surface area (Å²) in [7, 11) is 0. The van der Waals surface area contributed by atoms with Crippen molar-refractivity contribution in [3.05, 3.63) is 82.2 Å². The zero-order valence-electron chi connectivity index (χ0n) is 14.1. The minimum atomic E-state index is 0.716. The Morgan fingerprint density at radius 2 is 1.88 bits per heavy atom. The zero-order valence-corrected chi connectivity index (χ0v) is 16.5. The Hall–Kier alpha value is -2.08. The van der Waals surface area contributed by atoms with Crippen molar-refractivity contribution in [2.75, 3.05) is 0 Å². The monoisotopic (exact) mass is 397 g/mol. The molecule has 0 saturated heterocycles. The van der Waals surface area contributed by atoms with E-state index in [1.165, 1.54) is 11.1 Å². The molecule has 6 heteroatoms. The summed E-state index contributed by atoms with van der Waals surface area (Å²) < 4.78 is 2.10. The number of benzene rings is 2. The molecule has 4 aromatic rings. The van der Waals surface area contributed by atoms with E-state index in [4.69, 9.17) is 11.6 Å². The SMILES string of the molecule is Cc1cccc(CSc2nnc(-c3cccs3)n2-c2ccc(Cl)cc2)c1. The molecular formula is C20H16ClN3S2. The van der Waals surface area contributed by atoms with Crippen LogP contribution in [0.25, 0.3) is 16.4 Å². The highest BCUT2D eigenvalue weighted by Crippen LogP contribution is 2.32. The molecule has 26 heavy (non-hydrogen) atoms. The Morgan fingerprint density at radius 1 is 1.04 bits per heavy atom. The van der Waals surface area contributed by atoms with E-state index in [0.29, 0.717) is 5.02 Å². The van der Waals surface area contributed by atoms with Gasteiger partial charge in [0.2, 0.25) is 0 Å². The van der Waals surface area contributed by atoms with E-state index >= 15 is 0 Å². The number of thioether (sulfide) groups is 1. The smallest absolute Gasteiger partial charge is 0.196 e. The fourth-order valence-corrected chi connectivity index (χ4v) is 4.42. The number of hydrogen-bond acceptors (Lipinski definition) is 4. The molecule has 0 saturated carbocycles. The largest absolute Gasteiger partial charge is 0.269 e. The Morgan fingerprint density at radius 3 is 2.62 bits per heavy atom. The van der Waals surface area contributed by atoms with Crippen LogP contribution < -0.4 is 0 Å². The second kappa shape index (κ2) is 7.66. The second-order valence-corrected chi connectivity index (χ2v) is 8.20. The average Bonchev–Trinajstić information content (AvgIpc) is 3.30. The van der Waals surface area contributed by atoms with Gasteiger partial charge >= 0.3 is 0 Å². The summed E-state index contributed by atoms with van der Waals surface area (Å²) in [6.07, 6.45) is 0. The molecule has 0 fully saturated rings. The molecule has 130 valence electrons. The van der Waals surface area contributed by atoms with Crippen molar-refractivity contribution in [2.45, 2.75) is 17.8 Å². The molecule has 2 heterocycles. The number of aryl methyl sites for hydroxylation is 1. The molecule has 0 bridgehead atoms. The van der Waals surface area contributed by atoms with E-state index < -0.39 is 0 Å². The van der Waals surface area contributed by atoms with E-state index in [-0.39, 0.29) is 0 Å². The van der Waals surface area contributed by atoms with Gasteiger partial charge in [0.25, 0.3) is 0 Å². The summed E-state index contributed by atoms with van der Waals surface area (Å²) in [5.74, 6) is 1.70. The molecule has 0 amide bonds. The van der Waals surface area contributed by atoms with Crippen LogP contribution in [0.4, 0.5) is 0 Å². The number of thiophene rings is 1. The summed E-state index contributed by atoms with van der Waals surface area (Å²) >= 11 is 9.41. The first kappa shape index (κ1) is 17.3. The van der Waals surface area contributed by atoms with Crippen molar-refractivity contribution in [3.8, 4) is 16.4 Å². The summed E-state index contributed by atoms with van der Waals surface area (Å²) in [6, 6.07) is 20.4. The van der Waals surface area contributed by atoms with E-state index in [0.717, 1.165) is 27.3 Å². The Labute approximate surface area is 165 Å². The van der Waals surface area contributed by atoms with Crippen LogP contribution in [0.5, 0.6) is 0 Å². The van der Waals surface area contributed by atoms with Gasteiger partial charge in [0, 0.05) is 16.5 Å². The van der Waals surface area contributed by atoms with Crippen molar-refractivity contribution < 1.29 is 0 Å². The fourth-order valence-electron chi connectivity index (χ4n) is 2.70. The number of hydrogen-bond donors (Lipinski definition) is 0. The molecule has 2 aromatic heterocycles. The van der Waals surface area contributed by atoms with Crippen molar-refractivity contribution in [2.24, 2.45) is 0 Å². The van der Waals surface area contributed by atoms with Gasteiger partial charge in [0.1, 0.15) is 0 Å².